The minimum atomic E-state index is -5.08. The average molecular weight is 612 g/mol. The second kappa shape index (κ2) is 18.4. The fraction of sp³-hybridized carbons (Fsp3) is 0.576. The minimum Gasteiger partial charge on any atom is -0.497 e. The first-order valence-corrected chi connectivity index (χ1v) is 14.7. The minimum absolute atomic E-state index is 0.0672. The van der Waals surface area contributed by atoms with Crippen molar-refractivity contribution in [3.8, 4) is 17.2 Å². The van der Waals surface area contributed by atoms with E-state index in [-0.39, 0.29) is 11.7 Å². The SMILES string of the molecule is CCCCC(CCC)CCCCOc1ccc(C(=O)N(C)C)c(OC)c1.COc1cccc(C(O)(C(C)=O)C(F)(F)F)c1. The van der Waals surface area contributed by atoms with Crippen molar-refractivity contribution < 1.29 is 42.1 Å². The van der Waals surface area contributed by atoms with Crippen LogP contribution in [0.15, 0.2) is 42.5 Å². The van der Waals surface area contributed by atoms with E-state index in [1.165, 1.54) is 64.2 Å². The van der Waals surface area contributed by atoms with Gasteiger partial charge in [0, 0.05) is 25.7 Å². The number of nitrogens with zero attached hydrogens (tertiary/aromatic N) is 1. The lowest BCUT2D eigenvalue weighted by molar-refractivity contribution is -0.254. The number of ether oxygens (including phenoxy) is 3. The lowest BCUT2D eigenvalue weighted by atomic mass is 9.89. The number of amides is 1. The van der Waals surface area contributed by atoms with Crippen LogP contribution in [0.1, 0.15) is 88.1 Å². The maximum absolute atomic E-state index is 12.8. The van der Waals surface area contributed by atoms with Crippen molar-refractivity contribution in [2.45, 2.75) is 83.9 Å². The van der Waals surface area contributed by atoms with E-state index in [4.69, 9.17) is 14.2 Å². The molecule has 0 heterocycles. The monoisotopic (exact) mass is 611 g/mol. The Hall–Kier alpha value is -3.27. The predicted octanol–water partition coefficient (Wildman–Crippen LogP) is 7.59. The first kappa shape index (κ1) is 37.8. The van der Waals surface area contributed by atoms with Crippen LogP contribution in [0.2, 0.25) is 0 Å². The average Bonchev–Trinajstić information content (AvgIpc) is 2.98. The van der Waals surface area contributed by atoms with Crippen LogP contribution in [0, 0.1) is 5.92 Å². The van der Waals surface area contributed by atoms with Crippen molar-refractivity contribution >= 4 is 11.7 Å². The maximum Gasteiger partial charge on any atom is 0.428 e. The van der Waals surface area contributed by atoms with Crippen molar-refractivity contribution in [2.24, 2.45) is 5.92 Å². The Labute approximate surface area is 254 Å². The van der Waals surface area contributed by atoms with Crippen molar-refractivity contribution in [3.63, 3.8) is 0 Å². The molecule has 0 saturated heterocycles. The highest BCUT2D eigenvalue weighted by molar-refractivity contribution is 5.96. The molecule has 0 aromatic heterocycles. The van der Waals surface area contributed by atoms with Crippen LogP contribution >= 0.6 is 0 Å². The molecule has 2 aromatic carbocycles. The number of halogens is 3. The summed E-state index contributed by atoms with van der Waals surface area (Å²) >= 11 is 0. The number of hydrogen-bond acceptors (Lipinski definition) is 6. The van der Waals surface area contributed by atoms with Gasteiger partial charge in [-0.2, -0.15) is 13.2 Å². The molecular formula is C33H48F3NO6. The summed E-state index contributed by atoms with van der Waals surface area (Å²) in [5.74, 6) is 0.862. The maximum atomic E-state index is 12.8. The Morgan fingerprint density at radius 3 is 2.09 bits per heavy atom. The van der Waals surface area contributed by atoms with Gasteiger partial charge in [-0.3, -0.25) is 9.59 Å². The fourth-order valence-corrected chi connectivity index (χ4v) is 4.65. The Kier molecular flexibility index (Phi) is 16.2. The summed E-state index contributed by atoms with van der Waals surface area (Å²) in [4.78, 5) is 24.8. The van der Waals surface area contributed by atoms with Gasteiger partial charge in [0.25, 0.3) is 5.91 Å². The zero-order chi connectivity index (χ0) is 32.6. The van der Waals surface area contributed by atoms with Crippen molar-refractivity contribution in [3.05, 3.63) is 53.6 Å². The van der Waals surface area contributed by atoms with Gasteiger partial charge in [0.2, 0.25) is 5.60 Å². The standard InChI is InChI=1S/C22H37NO3.C11H11F3O3/c1-6-8-12-18(11-7-2)13-9-10-16-26-19-14-15-20(21(17-19)25-5)22(24)23(3)4;1-7(15)10(16,11(12,13)14)8-4-3-5-9(6-8)17-2/h14-15,17-18H,6-13,16H2,1-5H3;3-6,16H,1-2H3. The van der Waals surface area contributed by atoms with Crippen LogP contribution in [-0.2, 0) is 10.4 Å². The summed E-state index contributed by atoms with van der Waals surface area (Å²) in [7, 11) is 6.33. The first-order valence-electron chi connectivity index (χ1n) is 14.7. The van der Waals surface area contributed by atoms with Gasteiger partial charge in [0.1, 0.15) is 17.2 Å². The molecule has 2 atom stereocenters. The Morgan fingerprint density at radius 1 is 0.884 bits per heavy atom. The summed E-state index contributed by atoms with van der Waals surface area (Å²) in [5.41, 5.74) is -3.50. The molecule has 0 aliphatic rings. The molecule has 0 aliphatic carbocycles. The zero-order valence-corrected chi connectivity index (χ0v) is 26.6. The number of methoxy groups -OCH3 is 2. The highest BCUT2D eigenvalue weighted by Gasteiger charge is 2.58. The molecule has 2 unspecified atom stereocenters. The van der Waals surface area contributed by atoms with E-state index in [0.29, 0.717) is 24.8 Å². The molecule has 7 nitrogen and oxygen atoms in total. The molecule has 0 aliphatic heterocycles. The van der Waals surface area contributed by atoms with E-state index in [2.05, 4.69) is 13.8 Å². The molecule has 43 heavy (non-hydrogen) atoms. The number of carbonyl (C=O) groups excluding carboxylic acids is 2. The lowest BCUT2D eigenvalue weighted by Gasteiger charge is -2.28. The molecule has 0 spiro atoms. The van der Waals surface area contributed by atoms with E-state index >= 15 is 0 Å². The third-order valence-electron chi connectivity index (χ3n) is 7.16. The topological polar surface area (TPSA) is 85.3 Å². The summed E-state index contributed by atoms with van der Waals surface area (Å²) in [6.07, 6.45) is 5.13. The first-order chi connectivity index (χ1) is 20.3. The number of unbranched alkanes of at least 4 members (excludes halogenated alkanes) is 2. The second-order valence-electron chi connectivity index (χ2n) is 10.7. The molecule has 242 valence electrons. The highest BCUT2D eigenvalue weighted by atomic mass is 19.4. The predicted molar refractivity (Wildman–Crippen MR) is 162 cm³/mol. The molecule has 1 N–H and O–H groups in total. The molecular weight excluding hydrogens is 563 g/mol. The van der Waals surface area contributed by atoms with Gasteiger partial charge in [-0.05, 0) is 49.9 Å². The van der Waals surface area contributed by atoms with Gasteiger partial charge in [0.05, 0.1) is 26.4 Å². The molecule has 10 heteroatoms. The lowest BCUT2D eigenvalue weighted by Crippen LogP contribution is -2.48. The van der Waals surface area contributed by atoms with Crippen molar-refractivity contribution in [1.82, 2.24) is 4.90 Å². The quantitative estimate of drug-likeness (QED) is 0.197. The van der Waals surface area contributed by atoms with Gasteiger partial charge in [-0.15, -0.1) is 0 Å². The second-order valence-corrected chi connectivity index (χ2v) is 10.7. The Morgan fingerprint density at radius 2 is 1.56 bits per heavy atom. The van der Waals surface area contributed by atoms with Crippen LogP contribution in [0.25, 0.3) is 0 Å². The van der Waals surface area contributed by atoms with Gasteiger partial charge in [-0.25, -0.2) is 0 Å². The number of ketones is 1. The van der Waals surface area contributed by atoms with E-state index < -0.39 is 23.1 Å². The van der Waals surface area contributed by atoms with Gasteiger partial charge in [-0.1, -0.05) is 64.5 Å². The van der Waals surface area contributed by atoms with Crippen LogP contribution in [0.5, 0.6) is 17.2 Å². The Bertz CT molecular complexity index is 1140. The number of hydrogen-bond donors (Lipinski definition) is 1. The van der Waals surface area contributed by atoms with Gasteiger partial charge < -0.3 is 24.2 Å². The molecule has 0 bridgehead atoms. The number of rotatable bonds is 16. The van der Waals surface area contributed by atoms with E-state index in [1.54, 1.807) is 38.2 Å². The Balaban J connectivity index is 0.000000469. The van der Waals surface area contributed by atoms with E-state index in [0.717, 1.165) is 30.2 Å². The summed E-state index contributed by atoms with van der Waals surface area (Å²) in [6.45, 7) is 5.94. The largest absolute Gasteiger partial charge is 0.497 e. The molecule has 2 rings (SSSR count). The highest BCUT2D eigenvalue weighted by Crippen LogP contribution is 2.40. The van der Waals surface area contributed by atoms with Gasteiger partial charge >= 0.3 is 6.18 Å². The molecule has 1 amide bonds. The fourth-order valence-electron chi connectivity index (χ4n) is 4.65. The summed E-state index contributed by atoms with van der Waals surface area (Å²) in [6, 6.07) is 10.1. The van der Waals surface area contributed by atoms with Crippen LogP contribution in [0.3, 0.4) is 0 Å². The van der Waals surface area contributed by atoms with E-state index in [1.807, 2.05) is 6.07 Å². The third kappa shape index (κ3) is 11.4. The normalized spacial score (nSPS) is 13.2. The number of carbonyl (C=O) groups is 2. The zero-order valence-electron chi connectivity index (χ0n) is 26.6. The smallest absolute Gasteiger partial charge is 0.428 e. The number of Topliss-reactive ketones (excluding diaryl/α,β-unsaturated/α-hetero) is 1. The third-order valence-corrected chi connectivity index (χ3v) is 7.16. The molecule has 0 radical (unpaired) electrons. The summed E-state index contributed by atoms with van der Waals surface area (Å²) < 4.78 is 54.3. The van der Waals surface area contributed by atoms with Crippen LogP contribution in [-0.4, -0.2) is 62.8 Å². The molecule has 0 saturated carbocycles. The number of alkyl halides is 3. The van der Waals surface area contributed by atoms with E-state index in [9.17, 15) is 27.9 Å². The van der Waals surface area contributed by atoms with Crippen molar-refractivity contribution in [1.29, 1.82) is 0 Å². The van der Waals surface area contributed by atoms with Crippen molar-refractivity contribution in [2.75, 3.05) is 34.9 Å². The number of benzene rings is 2. The molecule has 2 aromatic rings. The molecule has 0 fully saturated rings. The van der Waals surface area contributed by atoms with Crippen LogP contribution < -0.4 is 14.2 Å². The van der Waals surface area contributed by atoms with Gasteiger partial charge in [0.15, 0.2) is 5.78 Å². The number of aliphatic hydroxyl groups is 1. The summed E-state index contributed by atoms with van der Waals surface area (Å²) in [5, 5.41) is 9.59. The van der Waals surface area contributed by atoms with Crippen LogP contribution in [0.4, 0.5) is 13.2 Å².